The topological polar surface area (TPSA) is 140 Å². The van der Waals surface area contributed by atoms with Crippen molar-refractivity contribution in [3.63, 3.8) is 0 Å². The fourth-order valence-corrected chi connectivity index (χ4v) is 10.5. The molecule has 8 nitrogen and oxygen atoms in total. The van der Waals surface area contributed by atoms with Gasteiger partial charge in [-0.3, -0.25) is 0 Å². The van der Waals surface area contributed by atoms with Crippen LogP contribution < -0.4 is 0 Å². The van der Waals surface area contributed by atoms with E-state index in [9.17, 15) is 30.6 Å². The maximum absolute atomic E-state index is 11.6. The second kappa shape index (κ2) is 11.6. The third-order valence-corrected chi connectivity index (χ3v) is 12.8. The van der Waals surface area contributed by atoms with Gasteiger partial charge < -0.3 is 40.1 Å². The molecule has 0 bridgehead atoms. The summed E-state index contributed by atoms with van der Waals surface area (Å²) in [5.74, 6) is 2.09. The number of aliphatic hydroxyl groups excluding tert-OH is 6. The van der Waals surface area contributed by atoms with E-state index in [1.54, 1.807) is 0 Å². The van der Waals surface area contributed by atoms with Crippen molar-refractivity contribution in [2.75, 3.05) is 6.61 Å². The highest BCUT2D eigenvalue weighted by Gasteiger charge is 2.64. The van der Waals surface area contributed by atoms with Crippen LogP contribution in [0, 0.1) is 52.3 Å². The molecule has 0 spiro atoms. The van der Waals surface area contributed by atoms with E-state index in [0.717, 1.165) is 51.4 Å². The van der Waals surface area contributed by atoms with Crippen LogP contribution in [-0.2, 0) is 9.47 Å². The lowest BCUT2D eigenvalue weighted by molar-refractivity contribution is -0.286. The van der Waals surface area contributed by atoms with Crippen LogP contribution in [0.3, 0.4) is 0 Å². The highest BCUT2D eigenvalue weighted by molar-refractivity contribution is 5.13. The van der Waals surface area contributed by atoms with Crippen molar-refractivity contribution in [3.05, 3.63) is 0 Å². The summed E-state index contributed by atoms with van der Waals surface area (Å²) in [6.07, 6.45) is 2.05. The van der Waals surface area contributed by atoms with Gasteiger partial charge >= 0.3 is 0 Å². The molecule has 4 aliphatic carbocycles. The fourth-order valence-electron chi connectivity index (χ4n) is 10.5. The minimum absolute atomic E-state index is 0.0220. The minimum Gasteiger partial charge on any atom is -0.393 e. The van der Waals surface area contributed by atoms with E-state index in [2.05, 4.69) is 34.6 Å². The molecule has 8 heteroatoms. The summed E-state index contributed by atoms with van der Waals surface area (Å²) in [7, 11) is 0. The molecule has 0 aromatic rings. The molecule has 1 saturated heterocycles. The Hall–Kier alpha value is -0.320. The monoisotopic (exact) mass is 568 g/mol. The van der Waals surface area contributed by atoms with E-state index in [0.29, 0.717) is 30.1 Å². The largest absolute Gasteiger partial charge is 0.393 e. The zero-order valence-electron chi connectivity index (χ0n) is 25.2. The Morgan fingerprint density at radius 1 is 0.775 bits per heavy atom. The Labute approximate surface area is 240 Å². The molecule has 0 amide bonds. The normalized spacial score (nSPS) is 52.5. The predicted octanol–water partition coefficient (Wildman–Crippen LogP) is 2.84. The van der Waals surface area contributed by atoms with Crippen molar-refractivity contribution >= 4 is 0 Å². The first-order valence-electron chi connectivity index (χ1n) is 16.1. The third kappa shape index (κ3) is 5.31. The molecular formula is C32H56O8. The summed E-state index contributed by atoms with van der Waals surface area (Å²) in [5.41, 5.74) is 0.0533. The maximum Gasteiger partial charge on any atom is 0.186 e. The van der Waals surface area contributed by atoms with Crippen LogP contribution >= 0.6 is 0 Å². The van der Waals surface area contributed by atoms with Crippen molar-refractivity contribution < 1.29 is 40.1 Å². The molecule has 0 aromatic heterocycles. The van der Waals surface area contributed by atoms with Gasteiger partial charge in [0.15, 0.2) is 6.29 Å². The van der Waals surface area contributed by atoms with E-state index >= 15 is 0 Å². The van der Waals surface area contributed by atoms with E-state index in [1.165, 1.54) is 0 Å². The van der Waals surface area contributed by atoms with Gasteiger partial charge in [-0.25, -0.2) is 0 Å². The highest BCUT2D eigenvalue weighted by atomic mass is 16.7. The van der Waals surface area contributed by atoms with E-state index < -0.39 is 30.7 Å². The van der Waals surface area contributed by atoms with Gasteiger partial charge in [-0.1, -0.05) is 34.6 Å². The summed E-state index contributed by atoms with van der Waals surface area (Å²) in [5, 5.41) is 63.5. The van der Waals surface area contributed by atoms with E-state index in [1.807, 2.05) is 0 Å². The fraction of sp³-hybridized carbons (Fsp3) is 1.00. The second-order valence-corrected chi connectivity index (χ2v) is 15.3. The van der Waals surface area contributed by atoms with Crippen LogP contribution in [0.4, 0.5) is 0 Å². The van der Waals surface area contributed by atoms with Gasteiger partial charge in [0.05, 0.1) is 31.0 Å². The first-order valence-corrected chi connectivity index (χ1v) is 16.1. The Morgan fingerprint density at radius 2 is 1.48 bits per heavy atom. The summed E-state index contributed by atoms with van der Waals surface area (Å²) in [4.78, 5) is 0. The molecule has 5 aliphatic rings. The van der Waals surface area contributed by atoms with E-state index in [4.69, 9.17) is 9.47 Å². The average molecular weight is 569 g/mol. The van der Waals surface area contributed by atoms with Gasteiger partial charge in [0, 0.05) is 0 Å². The molecule has 5 fully saturated rings. The molecule has 16 atom stereocenters. The molecular weight excluding hydrogens is 512 g/mol. The van der Waals surface area contributed by atoms with Crippen molar-refractivity contribution in [1.29, 1.82) is 0 Å². The lowest BCUT2D eigenvalue weighted by Crippen LogP contribution is -2.59. The lowest BCUT2D eigenvalue weighted by atomic mass is 9.43. The zero-order valence-corrected chi connectivity index (χ0v) is 25.2. The van der Waals surface area contributed by atoms with Gasteiger partial charge in [-0.05, 0) is 110 Å². The molecule has 5 rings (SSSR count). The van der Waals surface area contributed by atoms with Gasteiger partial charge in [0.2, 0.25) is 0 Å². The van der Waals surface area contributed by atoms with Crippen molar-refractivity contribution in [2.24, 2.45) is 52.3 Å². The summed E-state index contributed by atoms with van der Waals surface area (Å²) in [6.45, 7) is 11.1. The third-order valence-electron chi connectivity index (χ3n) is 12.8. The maximum atomic E-state index is 11.6. The van der Waals surface area contributed by atoms with Crippen LogP contribution in [0.5, 0.6) is 0 Å². The Bertz CT molecular complexity index is 870. The highest BCUT2D eigenvalue weighted by Crippen LogP contribution is 2.68. The molecule has 0 radical (unpaired) electrons. The average Bonchev–Trinajstić information content (AvgIpc) is 3.17. The number of aliphatic hydroxyl groups is 6. The van der Waals surface area contributed by atoms with E-state index in [-0.39, 0.29) is 53.5 Å². The molecule has 40 heavy (non-hydrogen) atoms. The van der Waals surface area contributed by atoms with Crippen molar-refractivity contribution in [3.8, 4) is 0 Å². The number of ether oxygens (including phenoxy) is 2. The SMILES string of the molecule is CC(C)C(CC[C@@H](C)[C@H]1C[C@@H](O)[C@H]2[C@@H]3C[C@H](O)C4C[C@@H](O)CC[C@]4(C)[C@H]3CC[C@@]21C)O[C@@H]1OC[C@@H](O)[C@H](O)[C@H]1O. The summed E-state index contributed by atoms with van der Waals surface area (Å²) >= 11 is 0. The van der Waals surface area contributed by atoms with Crippen LogP contribution in [0.1, 0.15) is 92.4 Å². The number of rotatable bonds is 7. The quantitative estimate of drug-likeness (QED) is 0.276. The van der Waals surface area contributed by atoms with Crippen LogP contribution in [0.25, 0.3) is 0 Å². The van der Waals surface area contributed by atoms with Crippen molar-refractivity contribution in [1.82, 2.24) is 0 Å². The predicted molar refractivity (Wildman–Crippen MR) is 150 cm³/mol. The zero-order chi connectivity index (χ0) is 29.1. The first-order chi connectivity index (χ1) is 18.8. The minimum atomic E-state index is -1.29. The molecule has 1 aliphatic heterocycles. The number of hydrogen-bond acceptors (Lipinski definition) is 8. The summed E-state index contributed by atoms with van der Waals surface area (Å²) in [6, 6.07) is 0. The van der Waals surface area contributed by atoms with Crippen LogP contribution in [0.15, 0.2) is 0 Å². The van der Waals surface area contributed by atoms with Gasteiger partial charge in [0.1, 0.15) is 18.3 Å². The molecule has 232 valence electrons. The Balaban J connectivity index is 1.26. The number of hydrogen-bond donors (Lipinski definition) is 6. The Morgan fingerprint density at radius 3 is 2.17 bits per heavy atom. The standard InChI is InChI=1S/C32H56O8/c1-16(2)26(40-30-29(38)28(37)25(36)15-39-30)7-6-17(3)21-14-24(35)27-19-13-23(34)22-12-18(33)8-10-31(22,4)20(19)9-11-32(21,27)5/h16-30,33-38H,6-15H2,1-5H3/t17-,18+,19-,20+,21-,22?,23+,24-,25-,26?,27-,28+,29-,30+,31-,32-/m1/s1. The van der Waals surface area contributed by atoms with Gasteiger partial charge in [-0.2, -0.15) is 0 Å². The second-order valence-electron chi connectivity index (χ2n) is 15.3. The first kappa shape index (κ1) is 31.1. The summed E-state index contributed by atoms with van der Waals surface area (Å²) < 4.78 is 11.7. The lowest BCUT2D eigenvalue weighted by Gasteiger charge is -2.62. The molecule has 6 N–H and O–H groups in total. The molecule has 2 unspecified atom stereocenters. The molecule has 0 aromatic carbocycles. The Kier molecular flexibility index (Phi) is 9.06. The smallest absolute Gasteiger partial charge is 0.186 e. The van der Waals surface area contributed by atoms with Gasteiger partial charge in [0.25, 0.3) is 0 Å². The number of fused-ring (bicyclic) bond motifs is 5. The molecule has 4 saturated carbocycles. The van der Waals surface area contributed by atoms with Crippen LogP contribution in [-0.4, -0.2) is 86.3 Å². The molecule has 1 heterocycles. The van der Waals surface area contributed by atoms with Crippen molar-refractivity contribution in [2.45, 2.75) is 141 Å². The van der Waals surface area contributed by atoms with Crippen LogP contribution in [0.2, 0.25) is 0 Å². The van der Waals surface area contributed by atoms with Gasteiger partial charge in [-0.15, -0.1) is 0 Å².